The number of likely N-dealkylation sites (tertiary alicyclic amines) is 1. The second kappa shape index (κ2) is 7.91. The molecule has 1 N–H and O–H groups in total. The lowest BCUT2D eigenvalue weighted by molar-refractivity contribution is -0.139. The van der Waals surface area contributed by atoms with Gasteiger partial charge in [0.05, 0.1) is 24.4 Å². The van der Waals surface area contributed by atoms with Crippen LogP contribution in [0.5, 0.6) is 5.75 Å². The van der Waals surface area contributed by atoms with Crippen LogP contribution in [0.4, 0.5) is 5.95 Å². The minimum absolute atomic E-state index is 0.0307. The minimum Gasteiger partial charge on any atom is -0.497 e. The second-order valence-electron chi connectivity index (χ2n) is 7.83. The van der Waals surface area contributed by atoms with E-state index < -0.39 is 0 Å². The van der Waals surface area contributed by atoms with Crippen molar-refractivity contribution in [3.05, 3.63) is 23.9 Å². The fraction of sp³-hybridized carbons (Fsp3) is 0.571. The number of piperidine rings is 2. The van der Waals surface area contributed by atoms with Crippen LogP contribution in [0.15, 0.2) is 18.2 Å². The molecule has 1 aromatic carbocycles. The van der Waals surface area contributed by atoms with Crippen molar-refractivity contribution in [2.24, 2.45) is 5.92 Å². The molecule has 28 heavy (non-hydrogen) atoms. The van der Waals surface area contributed by atoms with Gasteiger partial charge in [-0.25, -0.2) is 9.97 Å². The van der Waals surface area contributed by atoms with Gasteiger partial charge in [-0.05, 0) is 44.7 Å². The van der Waals surface area contributed by atoms with Crippen LogP contribution in [-0.2, 0) is 4.79 Å². The summed E-state index contributed by atoms with van der Waals surface area (Å²) in [6.45, 7) is 4.78. The molecule has 3 heterocycles. The number of fused-ring (bicyclic) bond motifs is 1. The molecule has 4 rings (SSSR count). The van der Waals surface area contributed by atoms with Crippen LogP contribution in [0, 0.1) is 12.8 Å². The van der Waals surface area contributed by atoms with Gasteiger partial charge in [0.1, 0.15) is 5.75 Å². The number of aryl methyl sites for hydroxylation is 1. The number of nitrogens with zero attached hydrogens (tertiary/aromatic N) is 4. The Balaban J connectivity index is 1.45. The summed E-state index contributed by atoms with van der Waals surface area (Å²) in [6.07, 6.45) is 2.91. The van der Waals surface area contributed by atoms with E-state index in [0.29, 0.717) is 6.54 Å². The van der Waals surface area contributed by atoms with Crippen molar-refractivity contribution in [2.75, 3.05) is 38.2 Å². The van der Waals surface area contributed by atoms with Crippen LogP contribution in [0.2, 0.25) is 0 Å². The summed E-state index contributed by atoms with van der Waals surface area (Å²) in [7, 11) is 1.65. The molecule has 0 radical (unpaired) electrons. The van der Waals surface area contributed by atoms with E-state index in [9.17, 15) is 9.90 Å². The summed E-state index contributed by atoms with van der Waals surface area (Å²) in [5.41, 5.74) is 1.82. The molecule has 0 bridgehead atoms. The third-order valence-corrected chi connectivity index (χ3v) is 5.92. The zero-order chi connectivity index (χ0) is 19.7. The normalized spacial score (nSPS) is 21.2. The molecule has 2 saturated heterocycles. The lowest BCUT2D eigenvalue weighted by Gasteiger charge is -2.36. The van der Waals surface area contributed by atoms with Crippen molar-refractivity contribution < 1.29 is 14.6 Å². The average Bonchev–Trinajstić information content (AvgIpc) is 2.73. The van der Waals surface area contributed by atoms with E-state index in [1.165, 1.54) is 0 Å². The Labute approximate surface area is 165 Å². The van der Waals surface area contributed by atoms with Crippen LogP contribution < -0.4 is 9.64 Å². The number of ether oxygens (including phenoxy) is 1. The predicted octanol–water partition coefficient (Wildman–Crippen LogP) is 2.15. The van der Waals surface area contributed by atoms with Gasteiger partial charge in [0, 0.05) is 43.5 Å². The number of hydrogen-bond acceptors (Lipinski definition) is 6. The van der Waals surface area contributed by atoms with Crippen LogP contribution in [0.1, 0.15) is 31.4 Å². The molecule has 2 aliphatic heterocycles. The van der Waals surface area contributed by atoms with Gasteiger partial charge in [-0.1, -0.05) is 0 Å². The summed E-state index contributed by atoms with van der Waals surface area (Å²) in [6, 6.07) is 5.85. The number of carbonyl (C=O) groups excluding carboxylic acids is 1. The van der Waals surface area contributed by atoms with E-state index >= 15 is 0 Å². The predicted molar refractivity (Wildman–Crippen MR) is 108 cm³/mol. The van der Waals surface area contributed by atoms with E-state index in [2.05, 4.69) is 4.90 Å². The largest absolute Gasteiger partial charge is 0.497 e. The Hall–Kier alpha value is -2.41. The molecule has 0 saturated carbocycles. The molecule has 0 aliphatic carbocycles. The summed E-state index contributed by atoms with van der Waals surface area (Å²) in [5.74, 6) is 1.73. The molecule has 1 aromatic heterocycles. The summed E-state index contributed by atoms with van der Waals surface area (Å²) in [5, 5.41) is 10.9. The number of amides is 1. The van der Waals surface area contributed by atoms with Crippen LogP contribution in [-0.4, -0.2) is 65.3 Å². The Morgan fingerprint density at radius 1 is 1.18 bits per heavy atom. The van der Waals surface area contributed by atoms with Gasteiger partial charge in [-0.3, -0.25) is 4.79 Å². The highest BCUT2D eigenvalue weighted by molar-refractivity contribution is 5.83. The van der Waals surface area contributed by atoms with Gasteiger partial charge < -0.3 is 19.6 Å². The fourth-order valence-corrected chi connectivity index (χ4v) is 4.26. The Kier molecular flexibility index (Phi) is 5.35. The maximum atomic E-state index is 12.8. The fourth-order valence-electron chi connectivity index (χ4n) is 4.26. The number of rotatable bonds is 3. The smallest absolute Gasteiger partial charge is 0.226 e. The van der Waals surface area contributed by atoms with Crippen molar-refractivity contribution in [1.29, 1.82) is 0 Å². The van der Waals surface area contributed by atoms with Gasteiger partial charge in [0.25, 0.3) is 0 Å². The molecule has 2 aliphatic rings. The van der Waals surface area contributed by atoms with Gasteiger partial charge in [-0.15, -0.1) is 0 Å². The first-order valence-electron chi connectivity index (χ1n) is 10.1. The Morgan fingerprint density at radius 3 is 2.68 bits per heavy atom. The van der Waals surface area contributed by atoms with Gasteiger partial charge in [-0.2, -0.15) is 0 Å². The van der Waals surface area contributed by atoms with Crippen molar-refractivity contribution in [3.63, 3.8) is 0 Å². The van der Waals surface area contributed by atoms with Crippen molar-refractivity contribution in [1.82, 2.24) is 14.9 Å². The number of aliphatic hydroxyl groups is 1. The number of methoxy groups -OCH3 is 1. The summed E-state index contributed by atoms with van der Waals surface area (Å²) >= 11 is 0. The van der Waals surface area contributed by atoms with Crippen LogP contribution in [0.25, 0.3) is 10.9 Å². The van der Waals surface area contributed by atoms with Crippen LogP contribution >= 0.6 is 0 Å². The topological polar surface area (TPSA) is 78.8 Å². The van der Waals surface area contributed by atoms with E-state index in [0.717, 1.165) is 73.6 Å². The lowest BCUT2D eigenvalue weighted by atomic mass is 9.94. The minimum atomic E-state index is -0.372. The third kappa shape index (κ3) is 3.76. The standard InChI is InChI=1S/C21H28N4O3/c1-14-18-6-5-17(28-2)12-19(18)23-21(22-14)24-10-7-15(8-11-24)20(27)25-9-3-4-16(26)13-25/h5-6,12,15-16,26H,3-4,7-11,13H2,1-2H3/t16-/m1/s1. The van der Waals surface area contributed by atoms with Crippen molar-refractivity contribution in [3.8, 4) is 5.75 Å². The quantitative estimate of drug-likeness (QED) is 0.874. The number of aromatic nitrogens is 2. The van der Waals surface area contributed by atoms with Gasteiger partial charge in [0.15, 0.2) is 0 Å². The Bertz CT molecular complexity index is 864. The van der Waals surface area contributed by atoms with Gasteiger partial charge >= 0.3 is 0 Å². The average molecular weight is 384 g/mol. The first-order valence-corrected chi connectivity index (χ1v) is 10.1. The molecule has 1 atom stereocenters. The van der Waals surface area contributed by atoms with E-state index in [-0.39, 0.29) is 17.9 Å². The van der Waals surface area contributed by atoms with E-state index in [1.807, 2.05) is 30.0 Å². The summed E-state index contributed by atoms with van der Waals surface area (Å²) in [4.78, 5) is 26.2. The monoisotopic (exact) mass is 384 g/mol. The molecule has 2 fully saturated rings. The van der Waals surface area contributed by atoms with Gasteiger partial charge in [0.2, 0.25) is 11.9 Å². The number of hydrogen-bond donors (Lipinski definition) is 1. The summed E-state index contributed by atoms with van der Waals surface area (Å²) < 4.78 is 5.32. The molecule has 7 nitrogen and oxygen atoms in total. The Morgan fingerprint density at radius 2 is 1.96 bits per heavy atom. The van der Waals surface area contributed by atoms with Crippen molar-refractivity contribution in [2.45, 2.75) is 38.7 Å². The first kappa shape index (κ1) is 18.9. The maximum Gasteiger partial charge on any atom is 0.226 e. The highest BCUT2D eigenvalue weighted by Crippen LogP contribution is 2.27. The molecular weight excluding hydrogens is 356 g/mol. The molecule has 150 valence electrons. The molecule has 0 unspecified atom stereocenters. The molecule has 7 heteroatoms. The zero-order valence-electron chi connectivity index (χ0n) is 16.6. The SMILES string of the molecule is COc1ccc2c(C)nc(N3CCC(C(=O)N4CCC[C@@H](O)C4)CC3)nc2c1. The number of anilines is 1. The highest BCUT2D eigenvalue weighted by Gasteiger charge is 2.31. The molecule has 1 amide bonds. The number of carbonyl (C=O) groups is 1. The van der Waals surface area contributed by atoms with Crippen LogP contribution in [0.3, 0.4) is 0 Å². The van der Waals surface area contributed by atoms with Crippen molar-refractivity contribution >= 4 is 22.8 Å². The second-order valence-corrected chi connectivity index (χ2v) is 7.83. The molecular formula is C21H28N4O3. The number of benzene rings is 1. The zero-order valence-corrected chi connectivity index (χ0v) is 16.6. The molecule has 2 aromatic rings. The number of aliphatic hydroxyl groups excluding tert-OH is 1. The number of β-amino-alcohol motifs (C(OH)–C–C–N with tert-alkyl or cyclic N) is 1. The first-order chi connectivity index (χ1) is 13.5. The molecule has 0 spiro atoms. The maximum absolute atomic E-state index is 12.8. The third-order valence-electron chi connectivity index (χ3n) is 5.92. The highest BCUT2D eigenvalue weighted by atomic mass is 16.5. The van der Waals surface area contributed by atoms with E-state index in [1.54, 1.807) is 7.11 Å². The van der Waals surface area contributed by atoms with E-state index in [4.69, 9.17) is 14.7 Å². The lowest BCUT2D eigenvalue weighted by Crippen LogP contribution is -2.47.